The molecule has 0 saturated heterocycles. The number of carbonyl (C=O) groups excluding carboxylic acids is 1. The van der Waals surface area contributed by atoms with Crippen molar-refractivity contribution >= 4 is 21.9 Å². The van der Waals surface area contributed by atoms with E-state index in [9.17, 15) is 4.79 Å². The molecule has 0 aliphatic heterocycles. The van der Waals surface area contributed by atoms with Crippen LogP contribution >= 0.6 is 15.9 Å². The van der Waals surface area contributed by atoms with E-state index in [0.29, 0.717) is 5.82 Å². The van der Waals surface area contributed by atoms with Crippen LogP contribution in [0.15, 0.2) is 22.7 Å². The third-order valence-corrected chi connectivity index (χ3v) is 3.57. The van der Waals surface area contributed by atoms with Gasteiger partial charge in [0.05, 0.1) is 0 Å². The van der Waals surface area contributed by atoms with Gasteiger partial charge in [-0.25, -0.2) is 0 Å². The minimum absolute atomic E-state index is 0.293. The Morgan fingerprint density at radius 3 is 2.90 bits per heavy atom. The van der Waals surface area contributed by atoms with E-state index >= 15 is 0 Å². The highest BCUT2D eigenvalue weighted by Crippen LogP contribution is 2.33. The van der Waals surface area contributed by atoms with Crippen LogP contribution in [0.3, 0.4) is 0 Å². The maximum Gasteiger partial charge on any atom is 0.303 e. The van der Waals surface area contributed by atoms with Gasteiger partial charge in [0.25, 0.3) is 0 Å². The van der Waals surface area contributed by atoms with Gasteiger partial charge in [0.15, 0.2) is 0 Å². The third-order valence-electron chi connectivity index (χ3n) is 3.08. The molecular formula is C14H17BrN4O2. The molecule has 2 aromatic rings. The van der Waals surface area contributed by atoms with Crippen LogP contribution < -0.4 is 0 Å². The lowest BCUT2D eigenvalue weighted by Gasteiger charge is -2.19. The third kappa shape index (κ3) is 4.10. The van der Waals surface area contributed by atoms with Gasteiger partial charge >= 0.3 is 5.97 Å². The molecular weight excluding hydrogens is 336 g/mol. The molecule has 0 aliphatic carbocycles. The van der Waals surface area contributed by atoms with Crippen molar-refractivity contribution in [2.75, 3.05) is 0 Å². The zero-order valence-electron chi connectivity index (χ0n) is 12.0. The minimum atomic E-state index is -0.302. The summed E-state index contributed by atoms with van der Waals surface area (Å²) in [5.41, 5.74) is 1.70. The number of carbonyl (C=O) groups is 1. The highest BCUT2D eigenvalue weighted by atomic mass is 79.9. The number of benzene rings is 1. The normalized spacial score (nSPS) is 12.1. The first kappa shape index (κ1) is 15.6. The number of halogens is 1. The van der Waals surface area contributed by atoms with Crippen molar-refractivity contribution in [2.45, 2.75) is 39.2 Å². The van der Waals surface area contributed by atoms with Gasteiger partial charge in [-0.15, -0.1) is 10.2 Å². The number of rotatable bonds is 6. The predicted octanol–water partition coefficient (Wildman–Crippen LogP) is 3.42. The summed E-state index contributed by atoms with van der Waals surface area (Å²) in [5.74, 6) is 0.193. The summed E-state index contributed by atoms with van der Waals surface area (Å²) < 4.78 is 6.38. The molecule has 2 rings (SSSR count). The number of esters is 1. The van der Waals surface area contributed by atoms with E-state index in [4.69, 9.17) is 4.74 Å². The highest BCUT2D eigenvalue weighted by Gasteiger charge is 2.21. The van der Waals surface area contributed by atoms with Crippen molar-refractivity contribution in [1.82, 2.24) is 20.6 Å². The van der Waals surface area contributed by atoms with Gasteiger partial charge in [-0.1, -0.05) is 35.3 Å². The highest BCUT2D eigenvalue weighted by molar-refractivity contribution is 9.10. The number of hydrogen-bond donors (Lipinski definition) is 1. The number of unbranched alkanes of at least 4 members (excludes halogenated alkanes) is 1. The van der Waals surface area contributed by atoms with Crippen molar-refractivity contribution in [3.8, 4) is 11.4 Å². The van der Waals surface area contributed by atoms with E-state index in [-0.39, 0.29) is 12.1 Å². The van der Waals surface area contributed by atoms with E-state index in [0.717, 1.165) is 34.9 Å². The Hall–Kier alpha value is -1.76. The molecule has 1 aromatic carbocycles. The van der Waals surface area contributed by atoms with Crippen LogP contribution in [-0.4, -0.2) is 26.6 Å². The van der Waals surface area contributed by atoms with Crippen LogP contribution in [0, 0.1) is 0 Å². The van der Waals surface area contributed by atoms with Gasteiger partial charge in [-0.05, 0) is 30.2 Å². The molecule has 21 heavy (non-hydrogen) atoms. The summed E-state index contributed by atoms with van der Waals surface area (Å²) in [6.07, 6.45) is 2.47. The molecule has 112 valence electrons. The van der Waals surface area contributed by atoms with E-state index in [1.54, 1.807) is 0 Å². The minimum Gasteiger partial charge on any atom is -0.458 e. The molecule has 1 heterocycles. The van der Waals surface area contributed by atoms with E-state index < -0.39 is 0 Å². The Kier molecular flexibility index (Phi) is 5.44. The molecule has 0 amide bonds. The van der Waals surface area contributed by atoms with Gasteiger partial charge in [0, 0.05) is 22.5 Å². The number of nitrogens with zero attached hydrogens (tertiary/aromatic N) is 3. The zero-order valence-corrected chi connectivity index (χ0v) is 13.6. The fourth-order valence-corrected chi connectivity index (χ4v) is 2.51. The first-order chi connectivity index (χ1) is 10.1. The zero-order chi connectivity index (χ0) is 15.2. The van der Waals surface area contributed by atoms with Crippen molar-refractivity contribution in [2.24, 2.45) is 0 Å². The van der Waals surface area contributed by atoms with Crippen molar-refractivity contribution in [3.05, 3.63) is 28.2 Å². The van der Waals surface area contributed by atoms with Gasteiger partial charge in [-0.2, -0.15) is 5.21 Å². The van der Waals surface area contributed by atoms with Crippen LogP contribution in [0.1, 0.15) is 44.8 Å². The first-order valence-corrected chi connectivity index (χ1v) is 7.61. The van der Waals surface area contributed by atoms with Gasteiger partial charge in [0.1, 0.15) is 6.10 Å². The van der Waals surface area contributed by atoms with Gasteiger partial charge in [0.2, 0.25) is 5.82 Å². The smallest absolute Gasteiger partial charge is 0.303 e. The molecule has 0 radical (unpaired) electrons. The molecule has 0 saturated carbocycles. The summed E-state index contributed by atoms with van der Waals surface area (Å²) in [6, 6.07) is 5.75. The first-order valence-electron chi connectivity index (χ1n) is 6.82. The SMILES string of the molecule is CCCCC(OC(C)=O)c1ccc(Br)cc1-c1nn[nH]n1. The Labute approximate surface area is 131 Å². The summed E-state index contributed by atoms with van der Waals surface area (Å²) in [7, 11) is 0. The number of H-pyrrole nitrogens is 1. The van der Waals surface area contributed by atoms with Crippen LogP contribution in [0.5, 0.6) is 0 Å². The average molecular weight is 353 g/mol. The fraction of sp³-hybridized carbons (Fsp3) is 0.429. The molecule has 1 aromatic heterocycles. The van der Waals surface area contributed by atoms with Gasteiger partial charge < -0.3 is 4.74 Å². The second kappa shape index (κ2) is 7.31. The standard InChI is InChI=1S/C14H17BrN4O2/c1-3-4-5-13(21-9(2)20)11-7-6-10(15)8-12(11)14-16-18-19-17-14/h6-8,13H,3-5H2,1-2H3,(H,16,17,18,19). The largest absolute Gasteiger partial charge is 0.458 e. The Morgan fingerprint density at radius 2 is 2.29 bits per heavy atom. The molecule has 1 unspecified atom stereocenters. The summed E-state index contributed by atoms with van der Waals surface area (Å²) in [6.45, 7) is 3.53. The number of nitrogens with one attached hydrogen (secondary N) is 1. The monoisotopic (exact) mass is 352 g/mol. The van der Waals surface area contributed by atoms with E-state index in [1.807, 2.05) is 18.2 Å². The molecule has 0 spiro atoms. The molecule has 6 nitrogen and oxygen atoms in total. The molecule has 0 fully saturated rings. The second-order valence-electron chi connectivity index (χ2n) is 4.71. The molecule has 0 aliphatic rings. The Morgan fingerprint density at radius 1 is 1.48 bits per heavy atom. The Balaban J connectivity index is 2.41. The average Bonchev–Trinajstić information content (AvgIpc) is 2.97. The number of aromatic amines is 1. The Bertz CT molecular complexity index is 601. The summed E-state index contributed by atoms with van der Waals surface area (Å²) in [5, 5.41) is 14.1. The molecule has 1 atom stereocenters. The topological polar surface area (TPSA) is 80.8 Å². The second-order valence-corrected chi connectivity index (χ2v) is 5.62. The van der Waals surface area contributed by atoms with Crippen molar-refractivity contribution < 1.29 is 9.53 Å². The lowest BCUT2D eigenvalue weighted by atomic mass is 9.98. The van der Waals surface area contributed by atoms with E-state index in [1.165, 1.54) is 6.92 Å². The number of hydrogen-bond acceptors (Lipinski definition) is 5. The van der Waals surface area contributed by atoms with Crippen LogP contribution in [0.25, 0.3) is 11.4 Å². The maximum atomic E-state index is 11.4. The van der Waals surface area contributed by atoms with Crippen molar-refractivity contribution in [1.29, 1.82) is 0 Å². The fourth-order valence-electron chi connectivity index (χ4n) is 2.15. The van der Waals surface area contributed by atoms with Crippen molar-refractivity contribution in [3.63, 3.8) is 0 Å². The van der Waals surface area contributed by atoms with Gasteiger partial charge in [-0.3, -0.25) is 4.79 Å². The lowest BCUT2D eigenvalue weighted by Crippen LogP contribution is -2.10. The number of ether oxygens (including phenoxy) is 1. The molecule has 1 N–H and O–H groups in total. The molecule has 7 heteroatoms. The van der Waals surface area contributed by atoms with Crippen LogP contribution in [0.4, 0.5) is 0 Å². The number of aromatic nitrogens is 4. The summed E-state index contributed by atoms with van der Waals surface area (Å²) >= 11 is 3.44. The summed E-state index contributed by atoms with van der Waals surface area (Å²) in [4.78, 5) is 11.4. The molecule has 0 bridgehead atoms. The lowest BCUT2D eigenvalue weighted by molar-refractivity contribution is -0.147. The maximum absolute atomic E-state index is 11.4. The predicted molar refractivity (Wildman–Crippen MR) is 81.3 cm³/mol. The van der Waals surface area contributed by atoms with E-state index in [2.05, 4.69) is 43.5 Å². The number of tetrazole rings is 1. The van der Waals surface area contributed by atoms with Crippen LogP contribution in [-0.2, 0) is 9.53 Å². The quantitative estimate of drug-likeness (QED) is 0.805. The van der Waals surface area contributed by atoms with Crippen LogP contribution in [0.2, 0.25) is 0 Å².